The van der Waals surface area contributed by atoms with Crippen LogP contribution in [0, 0.1) is 5.92 Å². The van der Waals surface area contributed by atoms with Crippen molar-refractivity contribution in [2.45, 2.75) is 45.6 Å². The largest absolute Gasteiger partial charge is 0.314 e. The van der Waals surface area contributed by atoms with Gasteiger partial charge in [0.2, 0.25) is 0 Å². The SMILES string of the molecule is CCCNC(C)C1CCCN(CCc2cnn(C)c2)C1. The zero-order chi connectivity index (χ0) is 14.4. The van der Waals surface area contributed by atoms with E-state index >= 15 is 0 Å². The zero-order valence-corrected chi connectivity index (χ0v) is 13.3. The molecule has 2 atom stereocenters. The molecule has 0 spiro atoms. The van der Waals surface area contributed by atoms with Crippen molar-refractivity contribution in [3.05, 3.63) is 18.0 Å². The van der Waals surface area contributed by atoms with Gasteiger partial charge in [0.15, 0.2) is 0 Å². The van der Waals surface area contributed by atoms with Crippen molar-refractivity contribution in [2.24, 2.45) is 13.0 Å². The van der Waals surface area contributed by atoms with E-state index in [4.69, 9.17) is 0 Å². The minimum absolute atomic E-state index is 0.649. The number of nitrogens with zero attached hydrogens (tertiary/aromatic N) is 3. The molecule has 0 radical (unpaired) electrons. The molecule has 4 heteroatoms. The molecule has 2 rings (SSSR count). The van der Waals surface area contributed by atoms with E-state index in [9.17, 15) is 0 Å². The molecule has 0 aromatic carbocycles. The summed E-state index contributed by atoms with van der Waals surface area (Å²) in [5.74, 6) is 0.809. The number of hydrogen-bond acceptors (Lipinski definition) is 3. The van der Waals surface area contributed by atoms with Crippen LogP contribution >= 0.6 is 0 Å². The van der Waals surface area contributed by atoms with E-state index < -0.39 is 0 Å². The minimum atomic E-state index is 0.649. The molecular formula is C16H30N4. The second-order valence-electron chi connectivity index (χ2n) is 6.22. The van der Waals surface area contributed by atoms with Gasteiger partial charge in [-0.3, -0.25) is 4.68 Å². The monoisotopic (exact) mass is 278 g/mol. The van der Waals surface area contributed by atoms with Crippen molar-refractivity contribution in [2.75, 3.05) is 26.2 Å². The molecular weight excluding hydrogens is 248 g/mol. The fourth-order valence-corrected chi connectivity index (χ4v) is 3.13. The molecule has 1 aromatic rings. The maximum absolute atomic E-state index is 4.25. The fraction of sp³-hybridized carbons (Fsp3) is 0.812. The molecule has 2 heterocycles. The van der Waals surface area contributed by atoms with Gasteiger partial charge in [-0.1, -0.05) is 6.92 Å². The third kappa shape index (κ3) is 4.60. The number of aryl methyl sites for hydroxylation is 1. The Labute approximate surface area is 123 Å². The molecule has 1 aliphatic rings. The lowest BCUT2D eigenvalue weighted by Gasteiger charge is -2.36. The quantitative estimate of drug-likeness (QED) is 0.829. The van der Waals surface area contributed by atoms with E-state index in [2.05, 4.69) is 35.4 Å². The summed E-state index contributed by atoms with van der Waals surface area (Å²) in [5, 5.41) is 7.91. The van der Waals surface area contributed by atoms with Gasteiger partial charge in [0.1, 0.15) is 0 Å². The first-order valence-electron chi connectivity index (χ1n) is 8.12. The van der Waals surface area contributed by atoms with E-state index in [0.29, 0.717) is 6.04 Å². The average molecular weight is 278 g/mol. The van der Waals surface area contributed by atoms with Crippen molar-refractivity contribution in [3.8, 4) is 0 Å². The van der Waals surface area contributed by atoms with Crippen molar-refractivity contribution in [1.82, 2.24) is 20.0 Å². The third-order valence-corrected chi connectivity index (χ3v) is 4.44. The molecule has 20 heavy (non-hydrogen) atoms. The number of rotatable bonds is 7. The van der Waals surface area contributed by atoms with Gasteiger partial charge in [0.05, 0.1) is 6.20 Å². The van der Waals surface area contributed by atoms with E-state index in [0.717, 1.165) is 18.9 Å². The molecule has 114 valence electrons. The van der Waals surface area contributed by atoms with Gasteiger partial charge < -0.3 is 10.2 Å². The fourth-order valence-electron chi connectivity index (χ4n) is 3.13. The number of piperidine rings is 1. The van der Waals surface area contributed by atoms with Gasteiger partial charge in [0, 0.05) is 32.4 Å². The lowest BCUT2D eigenvalue weighted by atomic mass is 9.91. The second-order valence-corrected chi connectivity index (χ2v) is 6.22. The molecule has 1 saturated heterocycles. The van der Waals surface area contributed by atoms with Crippen LogP contribution in [0.1, 0.15) is 38.7 Å². The summed E-state index contributed by atoms with van der Waals surface area (Å²) in [7, 11) is 1.99. The second kappa shape index (κ2) is 7.79. The van der Waals surface area contributed by atoms with Gasteiger partial charge in [-0.2, -0.15) is 5.10 Å². The van der Waals surface area contributed by atoms with Crippen LogP contribution in [0.4, 0.5) is 0 Å². The number of hydrogen-bond donors (Lipinski definition) is 1. The molecule has 0 aliphatic carbocycles. The van der Waals surface area contributed by atoms with Crippen molar-refractivity contribution in [3.63, 3.8) is 0 Å². The minimum Gasteiger partial charge on any atom is -0.314 e. The normalized spacial score (nSPS) is 22.1. The summed E-state index contributed by atoms with van der Waals surface area (Å²) in [6.07, 6.45) is 9.19. The van der Waals surface area contributed by atoms with Gasteiger partial charge >= 0.3 is 0 Å². The number of aromatic nitrogens is 2. The highest BCUT2D eigenvalue weighted by Gasteiger charge is 2.23. The molecule has 0 saturated carbocycles. The molecule has 1 fully saturated rings. The molecule has 0 bridgehead atoms. The molecule has 0 amide bonds. The molecule has 1 aromatic heterocycles. The predicted octanol–water partition coefficient (Wildman–Crippen LogP) is 2.06. The lowest BCUT2D eigenvalue weighted by molar-refractivity contribution is 0.152. The highest BCUT2D eigenvalue weighted by molar-refractivity contribution is 5.04. The summed E-state index contributed by atoms with van der Waals surface area (Å²) in [6, 6.07) is 0.649. The summed E-state index contributed by atoms with van der Waals surface area (Å²) in [6.45, 7) is 9.41. The van der Waals surface area contributed by atoms with Gasteiger partial charge in [-0.25, -0.2) is 0 Å². The Morgan fingerprint density at radius 3 is 3.05 bits per heavy atom. The Bertz CT molecular complexity index is 388. The standard InChI is InChI=1S/C16H30N4/c1-4-8-17-14(2)16-6-5-9-20(13-16)10-7-15-11-18-19(3)12-15/h11-12,14,16-17H,4-10,13H2,1-3H3. The molecule has 1 aliphatic heterocycles. The van der Waals surface area contributed by atoms with Crippen molar-refractivity contribution >= 4 is 0 Å². The first-order chi connectivity index (χ1) is 9.69. The van der Waals surface area contributed by atoms with E-state index in [1.165, 1.54) is 44.5 Å². The third-order valence-electron chi connectivity index (χ3n) is 4.44. The maximum Gasteiger partial charge on any atom is 0.0522 e. The van der Waals surface area contributed by atoms with Crippen LogP contribution in [0.15, 0.2) is 12.4 Å². The average Bonchev–Trinajstić information content (AvgIpc) is 2.88. The number of nitrogens with one attached hydrogen (secondary N) is 1. The Morgan fingerprint density at radius 1 is 1.50 bits per heavy atom. The van der Waals surface area contributed by atoms with Gasteiger partial charge in [-0.15, -0.1) is 0 Å². The molecule has 1 N–H and O–H groups in total. The Kier molecular flexibility index (Phi) is 6.05. The highest BCUT2D eigenvalue weighted by atomic mass is 15.2. The summed E-state index contributed by atoms with van der Waals surface area (Å²) in [4.78, 5) is 2.63. The first-order valence-corrected chi connectivity index (χ1v) is 8.12. The van der Waals surface area contributed by atoms with E-state index in [-0.39, 0.29) is 0 Å². The van der Waals surface area contributed by atoms with Crippen LogP contribution in [0.2, 0.25) is 0 Å². The van der Waals surface area contributed by atoms with Crippen LogP contribution in [-0.2, 0) is 13.5 Å². The Hall–Kier alpha value is -0.870. The Balaban J connectivity index is 1.75. The summed E-state index contributed by atoms with van der Waals surface area (Å²) >= 11 is 0. The van der Waals surface area contributed by atoms with Crippen molar-refractivity contribution in [1.29, 1.82) is 0 Å². The molecule has 4 nitrogen and oxygen atoms in total. The lowest BCUT2D eigenvalue weighted by Crippen LogP contribution is -2.45. The van der Waals surface area contributed by atoms with Gasteiger partial charge in [0.25, 0.3) is 0 Å². The van der Waals surface area contributed by atoms with Crippen LogP contribution in [0.5, 0.6) is 0 Å². The van der Waals surface area contributed by atoms with Crippen molar-refractivity contribution < 1.29 is 0 Å². The van der Waals surface area contributed by atoms with E-state index in [1.54, 1.807) is 0 Å². The summed E-state index contributed by atoms with van der Waals surface area (Å²) in [5.41, 5.74) is 1.35. The Morgan fingerprint density at radius 2 is 2.35 bits per heavy atom. The predicted molar refractivity (Wildman–Crippen MR) is 83.8 cm³/mol. The van der Waals surface area contributed by atoms with E-state index in [1.807, 2.05) is 17.9 Å². The summed E-state index contributed by atoms with van der Waals surface area (Å²) < 4.78 is 1.89. The zero-order valence-electron chi connectivity index (χ0n) is 13.3. The first kappa shape index (κ1) is 15.5. The van der Waals surface area contributed by atoms with Crippen LogP contribution in [-0.4, -0.2) is 46.9 Å². The smallest absolute Gasteiger partial charge is 0.0522 e. The van der Waals surface area contributed by atoms with Crippen LogP contribution in [0.25, 0.3) is 0 Å². The maximum atomic E-state index is 4.25. The number of likely N-dealkylation sites (tertiary alicyclic amines) is 1. The van der Waals surface area contributed by atoms with Crippen LogP contribution < -0.4 is 5.32 Å². The molecule has 2 unspecified atom stereocenters. The highest BCUT2D eigenvalue weighted by Crippen LogP contribution is 2.20. The van der Waals surface area contributed by atoms with Gasteiger partial charge in [-0.05, 0) is 57.2 Å². The topological polar surface area (TPSA) is 33.1 Å². The van der Waals surface area contributed by atoms with Crippen LogP contribution in [0.3, 0.4) is 0 Å².